The highest BCUT2D eigenvalue weighted by Crippen LogP contribution is 2.21. The second kappa shape index (κ2) is 4.50. The second-order valence-electron chi connectivity index (χ2n) is 3.99. The lowest BCUT2D eigenvalue weighted by molar-refractivity contribution is -0.116. The van der Waals surface area contributed by atoms with Gasteiger partial charge in [-0.2, -0.15) is 5.10 Å². The Kier molecular flexibility index (Phi) is 3.06. The first-order valence-corrected chi connectivity index (χ1v) is 5.25. The van der Waals surface area contributed by atoms with Gasteiger partial charge in [0, 0.05) is 17.8 Å². The van der Waals surface area contributed by atoms with Crippen LogP contribution < -0.4 is 11.1 Å². The predicted molar refractivity (Wildman–Crippen MR) is 62.9 cm³/mol. The number of H-pyrrole nitrogens is 1. The van der Waals surface area contributed by atoms with Crippen molar-refractivity contribution >= 4 is 22.6 Å². The summed E-state index contributed by atoms with van der Waals surface area (Å²) >= 11 is 0. The molecule has 6 heteroatoms. The lowest BCUT2D eigenvalue weighted by Crippen LogP contribution is -2.24. The molecule has 0 bridgehead atoms. The third-order valence-corrected chi connectivity index (χ3v) is 2.29. The number of anilines is 1. The van der Waals surface area contributed by atoms with Crippen LogP contribution in [0, 0.1) is 5.82 Å². The van der Waals surface area contributed by atoms with E-state index in [2.05, 4.69) is 15.5 Å². The molecule has 5 nitrogen and oxygen atoms in total. The van der Waals surface area contributed by atoms with Gasteiger partial charge in [-0.25, -0.2) is 4.39 Å². The fraction of sp³-hybridized carbons (Fsp3) is 0.273. The maximum atomic E-state index is 13.1. The Morgan fingerprint density at radius 1 is 1.65 bits per heavy atom. The summed E-state index contributed by atoms with van der Waals surface area (Å²) in [6.07, 6.45) is 0.198. The fourth-order valence-corrected chi connectivity index (χ4v) is 1.56. The van der Waals surface area contributed by atoms with E-state index in [9.17, 15) is 9.18 Å². The number of halogens is 1. The minimum absolute atomic E-state index is 0.198. The Balaban J connectivity index is 2.24. The third-order valence-electron chi connectivity index (χ3n) is 2.29. The maximum Gasteiger partial charge on any atom is 0.227 e. The van der Waals surface area contributed by atoms with E-state index in [-0.39, 0.29) is 24.2 Å². The number of nitrogens with one attached hydrogen (secondary N) is 2. The van der Waals surface area contributed by atoms with Crippen LogP contribution in [-0.4, -0.2) is 22.1 Å². The predicted octanol–water partition coefficient (Wildman–Crippen LogP) is 1.38. The molecular weight excluding hydrogens is 223 g/mol. The molecular formula is C11H13FN4O. The van der Waals surface area contributed by atoms with Crippen molar-refractivity contribution in [1.82, 2.24) is 10.2 Å². The summed E-state index contributed by atoms with van der Waals surface area (Å²) in [5.74, 6) is -0.288. The van der Waals surface area contributed by atoms with Crippen molar-refractivity contribution in [2.24, 2.45) is 5.73 Å². The van der Waals surface area contributed by atoms with Crippen LogP contribution in [-0.2, 0) is 4.79 Å². The van der Waals surface area contributed by atoms with Gasteiger partial charge in [0.15, 0.2) is 5.82 Å². The van der Waals surface area contributed by atoms with Crippen LogP contribution in [0.1, 0.15) is 13.3 Å². The maximum absolute atomic E-state index is 13.1. The molecule has 0 aliphatic rings. The number of benzene rings is 1. The third kappa shape index (κ3) is 2.59. The number of hydrogen-bond donors (Lipinski definition) is 3. The summed E-state index contributed by atoms with van der Waals surface area (Å²) in [5, 5.41) is 9.77. The molecule has 1 aromatic heterocycles. The summed E-state index contributed by atoms with van der Waals surface area (Å²) in [5.41, 5.74) is 6.18. The molecule has 90 valence electrons. The molecule has 1 atom stereocenters. The summed E-state index contributed by atoms with van der Waals surface area (Å²) < 4.78 is 13.1. The Labute approximate surface area is 97.2 Å². The van der Waals surface area contributed by atoms with Crippen LogP contribution in [0.5, 0.6) is 0 Å². The molecule has 1 amide bonds. The van der Waals surface area contributed by atoms with Crippen molar-refractivity contribution < 1.29 is 9.18 Å². The summed E-state index contributed by atoms with van der Waals surface area (Å²) in [7, 11) is 0. The lowest BCUT2D eigenvalue weighted by atomic mass is 10.2. The van der Waals surface area contributed by atoms with E-state index in [0.29, 0.717) is 16.7 Å². The number of nitrogens with two attached hydrogens (primary N) is 1. The first kappa shape index (κ1) is 11.5. The first-order valence-electron chi connectivity index (χ1n) is 5.25. The van der Waals surface area contributed by atoms with Crippen molar-refractivity contribution in [2.45, 2.75) is 19.4 Å². The molecule has 0 saturated heterocycles. The van der Waals surface area contributed by atoms with E-state index in [4.69, 9.17) is 5.73 Å². The van der Waals surface area contributed by atoms with Crippen LogP contribution >= 0.6 is 0 Å². The van der Waals surface area contributed by atoms with Crippen molar-refractivity contribution in [1.29, 1.82) is 0 Å². The molecule has 1 unspecified atom stereocenters. The lowest BCUT2D eigenvalue weighted by Gasteiger charge is -2.04. The molecule has 2 aromatic rings. The Morgan fingerprint density at radius 2 is 2.41 bits per heavy atom. The average molecular weight is 236 g/mol. The molecule has 2 rings (SSSR count). The van der Waals surface area contributed by atoms with Gasteiger partial charge in [-0.1, -0.05) is 0 Å². The SMILES string of the molecule is CC(N)CC(=O)Nc1n[nH]c2ccc(F)cc12. The van der Waals surface area contributed by atoms with Crippen molar-refractivity contribution in [3.8, 4) is 0 Å². The molecule has 0 saturated carbocycles. The highest BCUT2D eigenvalue weighted by molar-refractivity contribution is 5.99. The topological polar surface area (TPSA) is 83.8 Å². The van der Waals surface area contributed by atoms with Crippen molar-refractivity contribution in [3.05, 3.63) is 24.0 Å². The van der Waals surface area contributed by atoms with Gasteiger partial charge in [0.25, 0.3) is 0 Å². The first-order chi connectivity index (χ1) is 8.06. The molecule has 17 heavy (non-hydrogen) atoms. The summed E-state index contributed by atoms with van der Waals surface area (Å²) in [6.45, 7) is 1.74. The smallest absolute Gasteiger partial charge is 0.227 e. The van der Waals surface area contributed by atoms with Gasteiger partial charge in [0.1, 0.15) is 5.82 Å². The van der Waals surface area contributed by atoms with Crippen LogP contribution in [0.15, 0.2) is 18.2 Å². The highest BCUT2D eigenvalue weighted by atomic mass is 19.1. The molecule has 0 aliphatic carbocycles. The van der Waals surface area contributed by atoms with Gasteiger partial charge >= 0.3 is 0 Å². The quantitative estimate of drug-likeness (QED) is 0.752. The number of amides is 1. The van der Waals surface area contributed by atoms with E-state index >= 15 is 0 Å². The number of rotatable bonds is 3. The molecule has 1 heterocycles. The van der Waals surface area contributed by atoms with E-state index in [0.717, 1.165) is 0 Å². The number of carbonyl (C=O) groups is 1. The molecule has 1 aromatic carbocycles. The zero-order chi connectivity index (χ0) is 12.4. The normalized spacial score (nSPS) is 12.6. The van der Waals surface area contributed by atoms with E-state index in [1.54, 1.807) is 13.0 Å². The summed E-state index contributed by atoms with van der Waals surface area (Å²) in [4.78, 5) is 11.5. The zero-order valence-electron chi connectivity index (χ0n) is 9.33. The minimum Gasteiger partial charge on any atom is -0.327 e. The highest BCUT2D eigenvalue weighted by Gasteiger charge is 2.11. The molecule has 0 spiro atoms. The number of carbonyl (C=O) groups excluding carboxylic acids is 1. The Morgan fingerprint density at radius 3 is 3.12 bits per heavy atom. The van der Waals surface area contributed by atoms with Gasteiger partial charge in [-0.05, 0) is 25.1 Å². The minimum atomic E-state index is -0.374. The fourth-order valence-electron chi connectivity index (χ4n) is 1.56. The Bertz CT molecular complexity index is 549. The number of hydrogen-bond acceptors (Lipinski definition) is 3. The van der Waals surface area contributed by atoms with Crippen LogP contribution in [0.3, 0.4) is 0 Å². The standard InChI is InChI=1S/C11H13FN4O/c1-6(13)4-10(17)14-11-8-5-7(12)2-3-9(8)15-16-11/h2-3,5-6H,4,13H2,1H3,(H2,14,15,16,17). The largest absolute Gasteiger partial charge is 0.327 e. The molecule has 0 aliphatic heterocycles. The monoisotopic (exact) mass is 236 g/mol. The summed E-state index contributed by atoms with van der Waals surface area (Å²) in [6, 6.07) is 3.99. The van der Waals surface area contributed by atoms with E-state index in [1.807, 2.05) is 0 Å². The Hall–Kier alpha value is -1.95. The van der Waals surface area contributed by atoms with Gasteiger partial charge in [-0.3, -0.25) is 9.89 Å². The van der Waals surface area contributed by atoms with E-state index < -0.39 is 0 Å². The number of aromatic amines is 1. The number of aromatic nitrogens is 2. The zero-order valence-corrected chi connectivity index (χ0v) is 9.33. The second-order valence-corrected chi connectivity index (χ2v) is 3.99. The van der Waals surface area contributed by atoms with Gasteiger partial charge < -0.3 is 11.1 Å². The van der Waals surface area contributed by atoms with Crippen molar-refractivity contribution in [2.75, 3.05) is 5.32 Å². The number of nitrogens with zero attached hydrogens (tertiary/aromatic N) is 1. The molecule has 4 N–H and O–H groups in total. The molecule has 0 radical (unpaired) electrons. The van der Waals surface area contributed by atoms with Gasteiger partial charge in [0.05, 0.1) is 5.52 Å². The van der Waals surface area contributed by atoms with Crippen LogP contribution in [0.25, 0.3) is 10.9 Å². The molecule has 0 fully saturated rings. The van der Waals surface area contributed by atoms with Gasteiger partial charge in [0.2, 0.25) is 5.91 Å². The van der Waals surface area contributed by atoms with Crippen LogP contribution in [0.4, 0.5) is 10.2 Å². The average Bonchev–Trinajstić information content (AvgIpc) is 2.60. The van der Waals surface area contributed by atoms with E-state index in [1.165, 1.54) is 12.1 Å². The van der Waals surface area contributed by atoms with Gasteiger partial charge in [-0.15, -0.1) is 0 Å². The van der Waals surface area contributed by atoms with Crippen LogP contribution in [0.2, 0.25) is 0 Å². The number of fused-ring (bicyclic) bond motifs is 1. The van der Waals surface area contributed by atoms with Crippen molar-refractivity contribution in [3.63, 3.8) is 0 Å².